The SMILES string of the molecule is CCNC(=NCc1ccccn1)NCCCCN1CCN(c2ccccc2)CC1.I. The lowest BCUT2D eigenvalue weighted by molar-refractivity contribution is 0.253. The highest BCUT2D eigenvalue weighted by atomic mass is 127. The first-order valence-electron chi connectivity index (χ1n) is 10.8. The second kappa shape index (κ2) is 14.2. The van der Waals surface area contributed by atoms with Crippen molar-refractivity contribution < 1.29 is 0 Å². The van der Waals surface area contributed by atoms with E-state index in [9.17, 15) is 0 Å². The number of para-hydroxylation sites is 1. The number of rotatable bonds is 9. The van der Waals surface area contributed by atoms with Crippen LogP contribution in [0.4, 0.5) is 5.69 Å². The number of pyridine rings is 1. The summed E-state index contributed by atoms with van der Waals surface area (Å²) in [6.45, 7) is 10.2. The Bertz CT molecular complexity index is 717. The quantitative estimate of drug-likeness (QED) is 0.229. The number of nitrogens with zero attached hydrogens (tertiary/aromatic N) is 4. The monoisotopic (exact) mass is 522 g/mol. The van der Waals surface area contributed by atoms with Crippen molar-refractivity contribution in [3.63, 3.8) is 0 Å². The van der Waals surface area contributed by atoms with E-state index in [1.807, 2.05) is 24.4 Å². The Balaban J connectivity index is 0.00000320. The summed E-state index contributed by atoms with van der Waals surface area (Å²) in [5, 5.41) is 6.75. The van der Waals surface area contributed by atoms with Gasteiger partial charge in [0, 0.05) is 51.2 Å². The van der Waals surface area contributed by atoms with Crippen LogP contribution in [0, 0.1) is 0 Å². The molecule has 1 saturated heterocycles. The first-order chi connectivity index (χ1) is 14.3. The van der Waals surface area contributed by atoms with E-state index >= 15 is 0 Å². The van der Waals surface area contributed by atoms with Gasteiger partial charge in [0.25, 0.3) is 0 Å². The van der Waals surface area contributed by atoms with Gasteiger partial charge in [-0.25, -0.2) is 4.99 Å². The van der Waals surface area contributed by atoms with E-state index < -0.39 is 0 Å². The number of hydrogen-bond acceptors (Lipinski definition) is 4. The second-order valence-corrected chi connectivity index (χ2v) is 7.31. The lowest BCUT2D eigenvalue weighted by atomic mass is 10.2. The molecule has 0 spiro atoms. The van der Waals surface area contributed by atoms with Gasteiger partial charge in [-0.3, -0.25) is 9.88 Å². The summed E-state index contributed by atoms with van der Waals surface area (Å²) in [5.74, 6) is 0.870. The molecule has 0 saturated carbocycles. The number of aromatic nitrogens is 1. The molecule has 1 aromatic heterocycles. The van der Waals surface area contributed by atoms with Crippen molar-refractivity contribution in [2.45, 2.75) is 26.3 Å². The molecule has 1 aliphatic heterocycles. The standard InChI is InChI=1S/C23H34N6.HI/c1-2-24-23(27-20-21-10-6-7-13-25-21)26-14-8-9-15-28-16-18-29(19-17-28)22-11-4-3-5-12-22;/h3-7,10-13H,2,8-9,14-20H2,1H3,(H2,24,26,27);1H. The van der Waals surface area contributed by atoms with Gasteiger partial charge in [0.1, 0.15) is 0 Å². The molecule has 2 N–H and O–H groups in total. The summed E-state index contributed by atoms with van der Waals surface area (Å²) >= 11 is 0. The van der Waals surface area contributed by atoms with Crippen molar-refractivity contribution in [1.82, 2.24) is 20.5 Å². The number of unbranched alkanes of at least 4 members (excludes halogenated alkanes) is 1. The molecule has 7 heteroatoms. The molecule has 0 amide bonds. The third-order valence-electron chi connectivity index (χ3n) is 5.16. The van der Waals surface area contributed by atoms with E-state index in [4.69, 9.17) is 0 Å². The predicted octanol–water partition coefficient (Wildman–Crippen LogP) is 3.36. The van der Waals surface area contributed by atoms with Gasteiger partial charge in [0.05, 0.1) is 12.2 Å². The van der Waals surface area contributed by atoms with E-state index in [0.29, 0.717) is 6.54 Å². The van der Waals surface area contributed by atoms with E-state index in [1.54, 1.807) is 0 Å². The highest BCUT2D eigenvalue weighted by molar-refractivity contribution is 14.0. The van der Waals surface area contributed by atoms with Crippen LogP contribution in [0.25, 0.3) is 0 Å². The summed E-state index contributed by atoms with van der Waals surface area (Å²) in [4.78, 5) is 14.0. The van der Waals surface area contributed by atoms with Crippen molar-refractivity contribution in [3.8, 4) is 0 Å². The molecule has 0 radical (unpaired) electrons. The van der Waals surface area contributed by atoms with E-state index in [2.05, 4.69) is 67.7 Å². The molecule has 0 bridgehead atoms. The largest absolute Gasteiger partial charge is 0.369 e. The molecule has 6 nitrogen and oxygen atoms in total. The van der Waals surface area contributed by atoms with Crippen LogP contribution in [0.2, 0.25) is 0 Å². The van der Waals surface area contributed by atoms with Gasteiger partial charge in [0.2, 0.25) is 0 Å². The normalized spacial score (nSPS) is 14.8. The Kier molecular flexibility index (Phi) is 11.5. The Morgan fingerprint density at radius 1 is 0.967 bits per heavy atom. The molecular weight excluding hydrogens is 487 g/mol. The molecule has 164 valence electrons. The zero-order chi connectivity index (χ0) is 20.2. The van der Waals surface area contributed by atoms with Crippen LogP contribution in [-0.2, 0) is 6.54 Å². The Morgan fingerprint density at radius 2 is 1.73 bits per heavy atom. The van der Waals surface area contributed by atoms with Crippen molar-refractivity contribution >= 4 is 35.6 Å². The summed E-state index contributed by atoms with van der Waals surface area (Å²) < 4.78 is 0. The average Bonchev–Trinajstić information content (AvgIpc) is 2.79. The predicted molar refractivity (Wildman–Crippen MR) is 137 cm³/mol. The van der Waals surface area contributed by atoms with Crippen LogP contribution in [-0.4, -0.2) is 61.7 Å². The number of piperazine rings is 1. The third-order valence-corrected chi connectivity index (χ3v) is 5.16. The molecule has 2 aromatic rings. The fourth-order valence-corrected chi connectivity index (χ4v) is 3.53. The highest BCUT2D eigenvalue weighted by Gasteiger charge is 2.16. The van der Waals surface area contributed by atoms with Crippen molar-refractivity contribution in [2.24, 2.45) is 4.99 Å². The van der Waals surface area contributed by atoms with Crippen LogP contribution in [0.15, 0.2) is 59.7 Å². The maximum absolute atomic E-state index is 4.62. The zero-order valence-corrected chi connectivity index (χ0v) is 20.3. The van der Waals surface area contributed by atoms with Gasteiger partial charge in [-0.15, -0.1) is 24.0 Å². The van der Waals surface area contributed by atoms with Crippen LogP contribution in [0.5, 0.6) is 0 Å². The van der Waals surface area contributed by atoms with Gasteiger partial charge in [0.15, 0.2) is 5.96 Å². The van der Waals surface area contributed by atoms with Gasteiger partial charge in [-0.2, -0.15) is 0 Å². The van der Waals surface area contributed by atoms with Crippen molar-refractivity contribution in [2.75, 3.05) is 50.7 Å². The molecule has 1 aliphatic rings. The number of benzene rings is 1. The highest BCUT2D eigenvalue weighted by Crippen LogP contribution is 2.15. The maximum atomic E-state index is 4.62. The van der Waals surface area contributed by atoms with Gasteiger partial charge in [-0.05, 0) is 50.6 Å². The third kappa shape index (κ3) is 8.47. The van der Waals surface area contributed by atoms with Crippen LogP contribution in [0.3, 0.4) is 0 Å². The lowest BCUT2D eigenvalue weighted by Gasteiger charge is -2.36. The number of aliphatic imine (C=N–C) groups is 1. The Labute approximate surface area is 198 Å². The first-order valence-corrected chi connectivity index (χ1v) is 10.8. The summed E-state index contributed by atoms with van der Waals surface area (Å²) in [6.07, 6.45) is 4.16. The number of nitrogens with one attached hydrogen (secondary N) is 2. The van der Waals surface area contributed by atoms with Crippen molar-refractivity contribution in [3.05, 3.63) is 60.4 Å². The molecule has 1 fully saturated rings. The summed E-state index contributed by atoms with van der Waals surface area (Å²) in [5.41, 5.74) is 2.33. The minimum atomic E-state index is 0. The van der Waals surface area contributed by atoms with Gasteiger partial charge < -0.3 is 15.5 Å². The minimum Gasteiger partial charge on any atom is -0.369 e. The molecule has 0 atom stereocenters. The molecule has 3 rings (SSSR count). The van der Waals surface area contributed by atoms with E-state index in [-0.39, 0.29) is 24.0 Å². The average molecular weight is 522 g/mol. The second-order valence-electron chi connectivity index (χ2n) is 7.31. The van der Waals surface area contributed by atoms with Gasteiger partial charge >= 0.3 is 0 Å². The molecule has 30 heavy (non-hydrogen) atoms. The number of anilines is 1. The Morgan fingerprint density at radius 3 is 2.43 bits per heavy atom. The first kappa shape index (κ1) is 24.4. The molecule has 1 aromatic carbocycles. The van der Waals surface area contributed by atoms with E-state index in [0.717, 1.165) is 57.3 Å². The number of hydrogen-bond donors (Lipinski definition) is 2. The fourth-order valence-electron chi connectivity index (χ4n) is 3.53. The fraction of sp³-hybridized carbons (Fsp3) is 0.478. The zero-order valence-electron chi connectivity index (χ0n) is 18.0. The minimum absolute atomic E-state index is 0. The number of halogens is 1. The van der Waals surface area contributed by atoms with Crippen LogP contribution in [0.1, 0.15) is 25.5 Å². The topological polar surface area (TPSA) is 55.8 Å². The Hall–Kier alpha value is -1.87. The van der Waals surface area contributed by atoms with Crippen molar-refractivity contribution in [1.29, 1.82) is 0 Å². The summed E-state index contributed by atoms with van der Waals surface area (Å²) in [7, 11) is 0. The lowest BCUT2D eigenvalue weighted by Crippen LogP contribution is -2.46. The van der Waals surface area contributed by atoms with Gasteiger partial charge in [-0.1, -0.05) is 24.3 Å². The van der Waals surface area contributed by atoms with Crippen LogP contribution >= 0.6 is 24.0 Å². The van der Waals surface area contributed by atoms with E-state index in [1.165, 1.54) is 18.7 Å². The smallest absolute Gasteiger partial charge is 0.191 e. The van der Waals surface area contributed by atoms with Crippen LogP contribution < -0.4 is 15.5 Å². The molecule has 2 heterocycles. The molecule has 0 aliphatic carbocycles. The number of guanidine groups is 1. The molecular formula is C23H35IN6. The maximum Gasteiger partial charge on any atom is 0.191 e. The molecule has 0 unspecified atom stereocenters. The summed E-state index contributed by atoms with van der Waals surface area (Å²) in [6, 6.07) is 16.7.